The maximum atomic E-state index is 13.9. The fourth-order valence-corrected chi connectivity index (χ4v) is 2.15. The molecule has 2 aromatic heterocycles. The van der Waals surface area contributed by atoms with Crippen LogP contribution in [0.3, 0.4) is 0 Å². The Morgan fingerprint density at radius 2 is 1.76 bits per heavy atom. The third-order valence-electron chi connectivity index (χ3n) is 3.26. The van der Waals surface area contributed by atoms with Crippen LogP contribution in [0, 0.1) is 11.6 Å². The van der Waals surface area contributed by atoms with E-state index >= 15 is 0 Å². The van der Waals surface area contributed by atoms with Crippen LogP contribution in [0.4, 0.5) is 26.2 Å². The summed E-state index contributed by atoms with van der Waals surface area (Å²) in [6, 6.07) is 10.4. The van der Waals surface area contributed by atoms with Crippen molar-refractivity contribution in [3.63, 3.8) is 0 Å². The number of halogens is 2. The summed E-state index contributed by atoms with van der Waals surface area (Å²) in [4.78, 5) is 12.7. The largest absolute Gasteiger partial charge is 0.395 e. The Balaban J connectivity index is 2.00. The summed E-state index contributed by atoms with van der Waals surface area (Å²) in [6.07, 6.45) is 1.61. The molecule has 2 heterocycles. The van der Waals surface area contributed by atoms with Crippen molar-refractivity contribution in [2.24, 2.45) is 0 Å². The van der Waals surface area contributed by atoms with Crippen LogP contribution in [-0.4, -0.2) is 33.2 Å². The van der Waals surface area contributed by atoms with E-state index in [9.17, 15) is 8.78 Å². The number of nitrogens with one attached hydrogen (secondary N) is 2. The SMILES string of the molecule is OCCNc1nc(Nc2c(F)cccc2F)cc(-c2ccccn2)n1. The molecule has 3 rings (SSSR count). The molecule has 1 aromatic carbocycles. The van der Waals surface area contributed by atoms with E-state index in [4.69, 9.17) is 5.11 Å². The van der Waals surface area contributed by atoms with E-state index in [1.807, 2.05) is 0 Å². The van der Waals surface area contributed by atoms with Crippen molar-refractivity contribution in [2.45, 2.75) is 0 Å². The smallest absolute Gasteiger partial charge is 0.225 e. The summed E-state index contributed by atoms with van der Waals surface area (Å²) < 4.78 is 27.7. The van der Waals surface area contributed by atoms with Gasteiger partial charge in [0, 0.05) is 18.8 Å². The standard InChI is InChI=1S/C17H15F2N5O/c18-11-4-3-5-12(19)16(11)23-15-10-14(13-6-1-2-7-20-13)22-17(24-15)21-8-9-25/h1-7,10,25H,8-9H2,(H2,21,22,23,24). The summed E-state index contributed by atoms with van der Waals surface area (Å²) in [7, 11) is 0. The molecule has 8 heteroatoms. The van der Waals surface area contributed by atoms with Crippen molar-refractivity contribution in [3.8, 4) is 11.4 Å². The lowest BCUT2D eigenvalue weighted by molar-refractivity contribution is 0.311. The molecule has 0 radical (unpaired) electrons. The summed E-state index contributed by atoms with van der Waals surface area (Å²) in [6.45, 7) is 0.126. The molecular weight excluding hydrogens is 328 g/mol. The first-order valence-electron chi connectivity index (χ1n) is 7.53. The van der Waals surface area contributed by atoms with Crippen LogP contribution in [0.25, 0.3) is 11.4 Å². The van der Waals surface area contributed by atoms with Crippen molar-refractivity contribution in [1.29, 1.82) is 0 Å². The van der Waals surface area contributed by atoms with Gasteiger partial charge in [-0.2, -0.15) is 4.98 Å². The minimum atomic E-state index is -0.733. The number of aliphatic hydroxyl groups is 1. The van der Waals surface area contributed by atoms with Gasteiger partial charge in [0.25, 0.3) is 0 Å². The van der Waals surface area contributed by atoms with Gasteiger partial charge in [0.2, 0.25) is 5.95 Å². The van der Waals surface area contributed by atoms with Crippen LogP contribution >= 0.6 is 0 Å². The monoisotopic (exact) mass is 343 g/mol. The molecule has 0 atom stereocenters. The van der Waals surface area contributed by atoms with Gasteiger partial charge < -0.3 is 15.7 Å². The lowest BCUT2D eigenvalue weighted by atomic mass is 10.2. The number of hydrogen-bond acceptors (Lipinski definition) is 6. The zero-order valence-electron chi connectivity index (χ0n) is 13.1. The zero-order valence-corrected chi connectivity index (χ0v) is 13.1. The van der Waals surface area contributed by atoms with Crippen molar-refractivity contribution >= 4 is 17.5 Å². The molecule has 0 aliphatic rings. The number of aromatic nitrogens is 3. The number of benzene rings is 1. The second kappa shape index (κ2) is 7.63. The number of hydrogen-bond donors (Lipinski definition) is 3. The van der Waals surface area contributed by atoms with Gasteiger partial charge in [-0.05, 0) is 24.3 Å². The van der Waals surface area contributed by atoms with E-state index < -0.39 is 11.6 Å². The van der Waals surface area contributed by atoms with E-state index in [2.05, 4.69) is 25.6 Å². The Morgan fingerprint density at radius 3 is 2.44 bits per heavy atom. The van der Waals surface area contributed by atoms with Crippen molar-refractivity contribution in [3.05, 3.63) is 60.3 Å². The number of pyridine rings is 1. The highest BCUT2D eigenvalue weighted by Gasteiger charge is 2.12. The predicted octanol–water partition coefficient (Wildman–Crippen LogP) is 2.96. The van der Waals surface area contributed by atoms with Gasteiger partial charge >= 0.3 is 0 Å². The number of rotatable bonds is 6. The third-order valence-corrected chi connectivity index (χ3v) is 3.26. The molecule has 6 nitrogen and oxygen atoms in total. The summed E-state index contributed by atoms with van der Waals surface area (Å²) in [5.74, 6) is -1.07. The van der Waals surface area contributed by atoms with Crippen LogP contribution in [0.5, 0.6) is 0 Å². The molecule has 0 fully saturated rings. The van der Waals surface area contributed by atoms with Crippen LogP contribution in [0.1, 0.15) is 0 Å². The van der Waals surface area contributed by atoms with Gasteiger partial charge in [0.1, 0.15) is 23.1 Å². The Morgan fingerprint density at radius 1 is 0.960 bits per heavy atom. The van der Waals surface area contributed by atoms with Crippen LogP contribution in [0.15, 0.2) is 48.7 Å². The second-order valence-electron chi connectivity index (χ2n) is 5.05. The molecule has 25 heavy (non-hydrogen) atoms. The third kappa shape index (κ3) is 4.04. The van der Waals surface area contributed by atoms with E-state index in [0.717, 1.165) is 12.1 Å². The molecule has 0 spiro atoms. The first kappa shape index (κ1) is 16.7. The second-order valence-corrected chi connectivity index (χ2v) is 5.05. The summed E-state index contributed by atoms with van der Waals surface area (Å²) in [5.41, 5.74) is 0.741. The van der Waals surface area contributed by atoms with Gasteiger partial charge in [-0.3, -0.25) is 4.98 Å². The van der Waals surface area contributed by atoms with E-state index in [1.54, 1.807) is 30.5 Å². The average Bonchev–Trinajstić information content (AvgIpc) is 2.64. The Kier molecular flexibility index (Phi) is 5.10. The van der Waals surface area contributed by atoms with Gasteiger partial charge in [-0.1, -0.05) is 12.1 Å². The topological polar surface area (TPSA) is 83.0 Å². The first-order chi connectivity index (χ1) is 12.2. The van der Waals surface area contributed by atoms with E-state index in [-0.39, 0.29) is 30.6 Å². The van der Waals surface area contributed by atoms with Crippen LogP contribution < -0.4 is 10.6 Å². The lowest BCUT2D eigenvalue weighted by Gasteiger charge is -2.11. The van der Waals surface area contributed by atoms with Gasteiger partial charge in [-0.25, -0.2) is 13.8 Å². The molecule has 3 N–H and O–H groups in total. The zero-order chi connectivity index (χ0) is 17.6. The number of para-hydroxylation sites is 1. The van der Waals surface area contributed by atoms with E-state index in [0.29, 0.717) is 11.4 Å². The molecule has 0 amide bonds. The van der Waals surface area contributed by atoms with Crippen molar-refractivity contribution in [2.75, 3.05) is 23.8 Å². The predicted molar refractivity (Wildman–Crippen MR) is 90.5 cm³/mol. The molecule has 3 aromatic rings. The molecule has 0 saturated carbocycles. The first-order valence-corrected chi connectivity index (χ1v) is 7.53. The van der Waals surface area contributed by atoms with Crippen molar-refractivity contribution < 1.29 is 13.9 Å². The molecule has 0 aliphatic carbocycles. The molecule has 0 saturated heterocycles. The van der Waals surface area contributed by atoms with Gasteiger partial charge in [0.15, 0.2) is 0 Å². The highest BCUT2D eigenvalue weighted by Crippen LogP contribution is 2.25. The number of anilines is 3. The lowest BCUT2D eigenvalue weighted by Crippen LogP contribution is -2.10. The van der Waals surface area contributed by atoms with Gasteiger partial charge in [-0.15, -0.1) is 0 Å². The Bertz CT molecular complexity index is 841. The number of aliphatic hydroxyl groups excluding tert-OH is 1. The van der Waals surface area contributed by atoms with E-state index in [1.165, 1.54) is 6.07 Å². The molecule has 128 valence electrons. The van der Waals surface area contributed by atoms with Crippen LogP contribution in [0.2, 0.25) is 0 Å². The maximum Gasteiger partial charge on any atom is 0.225 e. The molecule has 0 bridgehead atoms. The number of nitrogens with zero attached hydrogens (tertiary/aromatic N) is 3. The quantitative estimate of drug-likeness (QED) is 0.638. The molecule has 0 aliphatic heterocycles. The van der Waals surface area contributed by atoms with Crippen molar-refractivity contribution in [1.82, 2.24) is 15.0 Å². The highest BCUT2D eigenvalue weighted by atomic mass is 19.1. The Hall–Kier alpha value is -3.13. The fourth-order valence-electron chi connectivity index (χ4n) is 2.15. The molecule has 0 unspecified atom stereocenters. The minimum absolute atomic E-state index is 0.109. The van der Waals surface area contributed by atoms with Gasteiger partial charge in [0.05, 0.1) is 18.0 Å². The average molecular weight is 343 g/mol. The Labute approximate surface area is 142 Å². The normalized spacial score (nSPS) is 10.5. The summed E-state index contributed by atoms with van der Waals surface area (Å²) >= 11 is 0. The fraction of sp³-hybridized carbons (Fsp3) is 0.118. The highest BCUT2D eigenvalue weighted by molar-refractivity contribution is 5.65. The molecular formula is C17H15F2N5O. The summed E-state index contributed by atoms with van der Waals surface area (Å²) in [5, 5.41) is 14.4. The van der Waals surface area contributed by atoms with Crippen LogP contribution in [-0.2, 0) is 0 Å². The minimum Gasteiger partial charge on any atom is -0.395 e. The maximum absolute atomic E-state index is 13.9.